The minimum absolute atomic E-state index is 0.0982. The molecule has 2 aromatic rings. The number of benzene rings is 1. The third kappa shape index (κ3) is 3.61. The number of carboxylic acid groups (broad SMARTS) is 1. The van der Waals surface area contributed by atoms with Gasteiger partial charge in [0.25, 0.3) is 0 Å². The van der Waals surface area contributed by atoms with Crippen molar-refractivity contribution >= 4 is 33.1 Å². The number of aromatic nitrogens is 3. The predicted octanol–water partition coefficient (Wildman–Crippen LogP) is 1.35. The van der Waals surface area contributed by atoms with E-state index in [0.29, 0.717) is 15.9 Å². The molecular formula is C12H13N3O3S2. The Morgan fingerprint density at radius 3 is 2.95 bits per heavy atom. The second-order valence-corrected chi connectivity index (χ2v) is 7.61. The molecular weight excluding hydrogens is 298 g/mol. The molecule has 6 nitrogen and oxygen atoms in total. The molecule has 20 heavy (non-hydrogen) atoms. The van der Waals surface area contributed by atoms with Gasteiger partial charge in [0.1, 0.15) is 0 Å². The van der Waals surface area contributed by atoms with Gasteiger partial charge in [-0.25, -0.2) is 4.98 Å². The molecule has 1 atom stereocenters. The fourth-order valence-electron chi connectivity index (χ4n) is 1.48. The molecule has 8 heteroatoms. The van der Waals surface area contributed by atoms with E-state index in [2.05, 4.69) is 21.1 Å². The number of carboxylic acids is 1. The third-order valence-corrected chi connectivity index (χ3v) is 4.48. The van der Waals surface area contributed by atoms with Gasteiger partial charge in [-0.1, -0.05) is 23.9 Å². The average Bonchev–Trinajstić information content (AvgIpc) is 2.84. The van der Waals surface area contributed by atoms with E-state index in [1.807, 2.05) is 0 Å². The highest BCUT2D eigenvalue weighted by Gasteiger charge is 2.09. The molecule has 0 aliphatic rings. The van der Waals surface area contributed by atoms with Crippen molar-refractivity contribution in [2.75, 3.05) is 12.0 Å². The van der Waals surface area contributed by atoms with E-state index in [1.54, 1.807) is 30.5 Å². The van der Waals surface area contributed by atoms with E-state index in [9.17, 15) is 9.00 Å². The van der Waals surface area contributed by atoms with Crippen LogP contribution < -0.4 is 0 Å². The molecule has 0 amide bonds. The van der Waals surface area contributed by atoms with E-state index < -0.39 is 15.5 Å². The van der Waals surface area contributed by atoms with Crippen LogP contribution in [0.2, 0.25) is 0 Å². The lowest BCUT2D eigenvalue weighted by Crippen LogP contribution is -1.97. The van der Waals surface area contributed by atoms with Crippen molar-refractivity contribution < 1.29 is 14.1 Å². The first kappa shape index (κ1) is 14.6. The molecule has 106 valence electrons. The van der Waals surface area contributed by atoms with Gasteiger partial charge in [-0.2, -0.15) is 0 Å². The van der Waals surface area contributed by atoms with Gasteiger partial charge in [-0.3, -0.25) is 14.1 Å². The predicted molar refractivity (Wildman–Crippen MR) is 79.6 cm³/mol. The topological polar surface area (TPSA) is 95.9 Å². The summed E-state index contributed by atoms with van der Waals surface area (Å²) < 4.78 is 11.9. The van der Waals surface area contributed by atoms with Crippen molar-refractivity contribution in [3.8, 4) is 11.4 Å². The van der Waals surface area contributed by atoms with Crippen LogP contribution in [-0.2, 0) is 14.3 Å². The molecule has 1 aromatic heterocycles. The second kappa shape index (κ2) is 5.68. The fourth-order valence-corrected chi connectivity index (χ4v) is 2.74. The maximum absolute atomic E-state index is 11.9. The molecule has 1 heterocycles. The van der Waals surface area contributed by atoms with Gasteiger partial charge >= 0.3 is 5.97 Å². The minimum atomic E-state index is -2.29. The largest absolute Gasteiger partial charge is 0.481 e. The number of nitrogens with zero attached hydrogens (tertiary/aromatic N) is 2. The number of hydrogen-bond acceptors (Lipinski definition) is 5. The van der Waals surface area contributed by atoms with Crippen LogP contribution in [0.1, 0.15) is 0 Å². The molecule has 0 saturated heterocycles. The van der Waals surface area contributed by atoms with E-state index in [0.717, 1.165) is 17.3 Å². The number of rotatable bonds is 5. The van der Waals surface area contributed by atoms with E-state index in [-0.39, 0.29) is 5.75 Å². The molecule has 0 aliphatic heterocycles. The molecule has 0 aliphatic carbocycles. The Kier molecular flexibility index (Phi) is 4.15. The molecule has 0 spiro atoms. The maximum Gasteiger partial charge on any atom is 0.313 e. The lowest BCUT2D eigenvalue weighted by molar-refractivity contribution is -0.133. The van der Waals surface area contributed by atoms with Gasteiger partial charge in [0.2, 0.25) is 5.16 Å². The summed E-state index contributed by atoms with van der Waals surface area (Å²) >= 11 is 1.03. The first-order valence-electron chi connectivity index (χ1n) is 5.56. The van der Waals surface area contributed by atoms with Crippen molar-refractivity contribution in [1.82, 2.24) is 15.2 Å². The summed E-state index contributed by atoms with van der Waals surface area (Å²) in [6.45, 7) is 0. The standard InChI is InChI=1S/C12H13N3O3S2/c1-20(2,18)9-5-3-4-8(6-9)11-13-12(15-14-11)19-7-10(16)17/h3-6H,1,7H2,2H3,(H,16,17)(H,13,14,15). The van der Waals surface area contributed by atoms with Crippen LogP contribution in [0.15, 0.2) is 34.3 Å². The highest BCUT2D eigenvalue weighted by molar-refractivity contribution is 8.00. The van der Waals surface area contributed by atoms with Crippen molar-refractivity contribution in [2.24, 2.45) is 0 Å². The van der Waals surface area contributed by atoms with Crippen molar-refractivity contribution in [1.29, 1.82) is 0 Å². The van der Waals surface area contributed by atoms with Gasteiger partial charge in [0.15, 0.2) is 5.82 Å². The number of nitrogens with one attached hydrogen (secondary N) is 1. The van der Waals surface area contributed by atoms with Crippen LogP contribution in [0.5, 0.6) is 0 Å². The zero-order valence-electron chi connectivity index (χ0n) is 10.7. The Morgan fingerprint density at radius 2 is 2.30 bits per heavy atom. The summed E-state index contributed by atoms with van der Waals surface area (Å²) in [6.07, 6.45) is 1.57. The SMILES string of the molecule is C=S(C)(=O)c1cccc(-c2nc(SCC(=O)O)n[nH]2)c1. The molecule has 0 bridgehead atoms. The van der Waals surface area contributed by atoms with E-state index >= 15 is 0 Å². The zero-order valence-corrected chi connectivity index (χ0v) is 12.3. The molecule has 0 fully saturated rings. The summed E-state index contributed by atoms with van der Waals surface area (Å²) in [4.78, 5) is 15.3. The van der Waals surface area contributed by atoms with Crippen LogP contribution in [0, 0.1) is 0 Å². The maximum atomic E-state index is 11.9. The van der Waals surface area contributed by atoms with Gasteiger partial charge in [0, 0.05) is 16.7 Å². The van der Waals surface area contributed by atoms with Gasteiger partial charge < -0.3 is 5.11 Å². The summed E-state index contributed by atoms with van der Waals surface area (Å²) in [5.74, 6) is 3.12. The summed E-state index contributed by atoms with van der Waals surface area (Å²) in [5.41, 5.74) is 0.732. The fraction of sp³-hybridized carbons (Fsp3) is 0.167. The Hall–Kier alpha value is -1.80. The van der Waals surface area contributed by atoms with Crippen molar-refractivity contribution in [3.63, 3.8) is 0 Å². The highest BCUT2D eigenvalue weighted by Crippen LogP contribution is 2.21. The summed E-state index contributed by atoms with van der Waals surface area (Å²) in [7, 11) is -2.29. The quantitative estimate of drug-likeness (QED) is 0.639. The number of hydrogen-bond donors (Lipinski definition) is 2. The summed E-state index contributed by atoms with van der Waals surface area (Å²) in [6, 6.07) is 7.06. The van der Waals surface area contributed by atoms with Crippen LogP contribution in [0.25, 0.3) is 11.4 Å². The molecule has 1 unspecified atom stereocenters. The number of aliphatic carboxylic acids is 1. The van der Waals surface area contributed by atoms with Gasteiger partial charge in [0.05, 0.1) is 5.75 Å². The monoisotopic (exact) mass is 311 g/mol. The molecule has 0 radical (unpaired) electrons. The van der Waals surface area contributed by atoms with Crippen molar-refractivity contribution in [3.05, 3.63) is 24.3 Å². The number of H-pyrrole nitrogens is 1. The summed E-state index contributed by atoms with van der Waals surface area (Å²) in [5, 5.41) is 15.6. The average molecular weight is 311 g/mol. The lowest BCUT2D eigenvalue weighted by atomic mass is 10.2. The third-order valence-electron chi connectivity index (χ3n) is 2.40. The number of aromatic amines is 1. The van der Waals surface area contributed by atoms with Crippen LogP contribution in [0.4, 0.5) is 0 Å². The lowest BCUT2D eigenvalue weighted by Gasteiger charge is -2.04. The minimum Gasteiger partial charge on any atom is -0.481 e. The smallest absolute Gasteiger partial charge is 0.313 e. The first-order valence-corrected chi connectivity index (χ1v) is 8.68. The Labute approximate surface area is 120 Å². The Balaban J connectivity index is 2.26. The Bertz CT molecular complexity index is 738. The van der Waals surface area contributed by atoms with Gasteiger partial charge in [-0.05, 0) is 27.5 Å². The normalized spacial score (nSPS) is 13.8. The Morgan fingerprint density at radius 1 is 1.55 bits per heavy atom. The number of carbonyl (C=O) groups is 1. The van der Waals surface area contributed by atoms with Crippen molar-refractivity contribution in [2.45, 2.75) is 10.1 Å². The number of thioether (sulfide) groups is 1. The molecule has 0 saturated carbocycles. The van der Waals surface area contributed by atoms with Crippen LogP contribution in [0.3, 0.4) is 0 Å². The van der Waals surface area contributed by atoms with E-state index in [1.165, 1.54) is 0 Å². The zero-order chi connectivity index (χ0) is 14.8. The molecule has 1 aromatic carbocycles. The first-order chi connectivity index (χ1) is 9.36. The highest BCUT2D eigenvalue weighted by atomic mass is 32.2. The van der Waals surface area contributed by atoms with Crippen LogP contribution >= 0.6 is 11.8 Å². The second-order valence-electron chi connectivity index (χ2n) is 4.18. The van der Waals surface area contributed by atoms with E-state index in [4.69, 9.17) is 5.11 Å². The van der Waals surface area contributed by atoms with Crippen LogP contribution in [-0.4, -0.2) is 48.3 Å². The molecule has 2 rings (SSSR count). The van der Waals surface area contributed by atoms with Gasteiger partial charge in [-0.15, -0.1) is 5.10 Å². The molecule has 2 N–H and O–H groups in total.